The van der Waals surface area contributed by atoms with Gasteiger partial charge in [0.1, 0.15) is 11.5 Å². The lowest BCUT2D eigenvalue weighted by Gasteiger charge is -2.09. The van der Waals surface area contributed by atoms with Gasteiger partial charge in [-0.1, -0.05) is 0 Å². The number of hydrogen-bond donors (Lipinski definition) is 1. The highest BCUT2D eigenvalue weighted by Gasteiger charge is 2.26. The second-order valence-electron chi connectivity index (χ2n) is 5.95. The number of aromatic nitrogens is 1. The molecule has 0 bridgehead atoms. The highest BCUT2D eigenvalue weighted by molar-refractivity contribution is 6.13. The van der Waals surface area contributed by atoms with E-state index in [-0.39, 0.29) is 5.78 Å². The van der Waals surface area contributed by atoms with Crippen LogP contribution in [0.25, 0.3) is 5.52 Å². The molecule has 0 spiro atoms. The minimum absolute atomic E-state index is 0.274. The molecule has 27 heavy (non-hydrogen) atoms. The number of nitrogens with two attached hydrogens (primary N) is 1. The van der Waals surface area contributed by atoms with Crippen molar-refractivity contribution in [3.8, 4) is 11.5 Å². The average molecular weight is 368 g/mol. The lowest BCUT2D eigenvalue weighted by molar-refractivity contribution is 0.0602. The molecular weight excluding hydrogens is 348 g/mol. The quantitative estimate of drug-likeness (QED) is 0.423. The summed E-state index contributed by atoms with van der Waals surface area (Å²) in [5, 5.41) is 0. The van der Waals surface area contributed by atoms with Crippen molar-refractivity contribution in [1.82, 2.24) is 4.40 Å². The van der Waals surface area contributed by atoms with E-state index in [2.05, 4.69) is 0 Å². The van der Waals surface area contributed by atoms with Gasteiger partial charge in [0.15, 0.2) is 0 Å². The van der Waals surface area contributed by atoms with E-state index >= 15 is 0 Å². The predicted octanol–water partition coefficient (Wildman–Crippen LogP) is 2.86. The number of nitrogen functional groups attached to an aromatic ring is 1. The molecule has 7 heteroatoms. The molecule has 2 N–H and O–H groups in total. The fraction of sp³-hybridized carbons (Fsp3) is 0.200. The van der Waals surface area contributed by atoms with Gasteiger partial charge in [-0.3, -0.25) is 4.79 Å². The molecule has 0 radical (unpaired) electrons. The lowest BCUT2D eigenvalue weighted by atomic mass is 10.0. The number of methoxy groups -OCH3 is 3. The first-order valence-corrected chi connectivity index (χ1v) is 8.18. The highest BCUT2D eigenvalue weighted by atomic mass is 16.5. The zero-order valence-electron chi connectivity index (χ0n) is 15.5. The molecule has 0 atom stereocenters. The van der Waals surface area contributed by atoms with Gasteiger partial charge >= 0.3 is 5.97 Å². The maximum atomic E-state index is 13.3. The van der Waals surface area contributed by atoms with Gasteiger partial charge in [0.2, 0.25) is 5.78 Å². The first kappa shape index (κ1) is 18.3. The number of fused-ring (bicyclic) bond motifs is 1. The molecule has 0 fully saturated rings. The van der Waals surface area contributed by atoms with Crippen molar-refractivity contribution in [1.29, 1.82) is 0 Å². The number of pyridine rings is 1. The van der Waals surface area contributed by atoms with Crippen LogP contribution < -0.4 is 15.2 Å². The number of nitrogens with zero attached hydrogens (tertiary/aromatic N) is 1. The fourth-order valence-corrected chi connectivity index (χ4v) is 3.11. The molecule has 140 valence electrons. The maximum Gasteiger partial charge on any atom is 0.340 e. The number of hydrogen-bond acceptors (Lipinski definition) is 6. The summed E-state index contributed by atoms with van der Waals surface area (Å²) in [5.41, 5.74) is 8.43. The zero-order chi connectivity index (χ0) is 19.7. The van der Waals surface area contributed by atoms with E-state index < -0.39 is 5.97 Å². The largest absolute Gasteiger partial charge is 0.495 e. The Bertz CT molecular complexity index is 1050. The number of ketones is 1. The number of rotatable bonds is 5. The maximum absolute atomic E-state index is 13.3. The van der Waals surface area contributed by atoms with E-state index in [4.69, 9.17) is 19.9 Å². The van der Waals surface area contributed by atoms with Gasteiger partial charge in [-0.05, 0) is 42.8 Å². The SMILES string of the molecule is COC(=O)c1c(C)c(C(=O)c2ccc(N)c(OC)c2)n2cc(OC)ccc12. The molecule has 0 aliphatic carbocycles. The van der Waals surface area contributed by atoms with E-state index in [1.807, 2.05) is 0 Å². The summed E-state index contributed by atoms with van der Waals surface area (Å²) in [6, 6.07) is 8.25. The summed E-state index contributed by atoms with van der Waals surface area (Å²) in [7, 11) is 4.32. The molecule has 0 aliphatic heterocycles. The van der Waals surface area contributed by atoms with E-state index in [0.717, 1.165) is 0 Å². The van der Waals surface area contributed by atoms with Crippen LogP contribution in [0.4, 0.5) is 5.69 Å². The van der Waals surface area contributed by atoms with E-state index in [9.17, 15) is 9.59 Å². The van der Waals surface area contributed by atoms with Gasteiger partial charge in [-0.2, -0.15) is 0 Å². The Kier molecular flexibility index (Phi) is 4.77. The number of carbonyl (C=O) groups is 2. The van der Waals surface area contributed by atoms with Gasteiger partial charge in [0.05, 0.1) is 50.0 Å². The van der Waals surface area contributed by atoms with E-state index in [1.165, 1.54) is 21.3 Å². The summed E-state index contributed by atoms with van der Waals surface area (Å²) in [4.78, 5) is 25.6. The van der Waals surface area contributed by atoms with Crippen molar-refractivity contribution in [2.24, 2.45) is 0 Å². The topological polar surface area (TPSA) is 92.3 Å². The average Bonchev–Trinajstić information content (AvgIpc) is 2.98. The molecule has 0 unspecified atom stereocenters. The summed E-state index contributed by atoms with van der Waals surface area (Å²) in [6.07, 6.45) is 1.66. The Balaban J connectivity index is 2.28. The van der Waals surface area contributed by atoms with Crippen LogP contribution in [-0.2, 0) is 4.74 Å². The van der Waals surface area contributed by atoms with Crippen LogP contribution in [0.1, 0.15) is 32.0 Å². The molecule has 0 saturated carbocycles. The minimum atomic E-state index is -0.510. The number of carbonyl (C=O) groups excluding carboxylic acids is 2. The van der Waals surface area contributed by atoms with Crippen LogP contribution >= 0.6 is 0 Å². The van der Waals surface area contributed by atoms with Crippen LogP contribution in [0.3, 0.4) is 0 Å². The number of ether oxygens (including phenoxy) is 3. The summed E-state index contributed by atoms with van der Waals surface area (Å²) in [5.74, 6) is 0.177. The molecule has 0 saturated heterocycles. The fourth-order valence-electron chi connectivity index (χ4n) is 3.11. The predicted molar refractivity (Wildman–Crippen MR) is 101 cm³/mol. The molecular formula is C20H20N2O5. The van der Waals surface area contributed by atoms with Crippen molar-refractivity contribution < 1.29 is 23.8 Å². The van der Waals surface area contributed by atoms with Crippen molar-refractivity contribution >= 4 is 23.0 Å². The number of benzene rings is 1. The Hall–Kier alpha value is -3.48. The highest BCUT2D eigenvalue weighted by Crippen LogP contribution is 2.30. The van der Waals surface area contributed by atoms with Gasteiger partial charge in [0, 0.05) is 5.56 Å². The minimum Gasteiger partial charge on any atom is -0.495 e. The lowest BCUT2D eigenvalue weighted by Crippen LogP contribution is -2.08. The second kappa shape index (κ2) is 7.03. The van der Waals surface area contributed by atoms with Crippen molar-refractivity contribution in [3.63, 3.8) is 0 Å². The third kappa shape index (κ3) is 2.97. The van der Waals surface area contributed by atoms with Gasteiger partial charge < -0.3 is 24.3 Å². The summed E-state index contributed by atoms with van der Waals surface area (Å²) in [6.45, 7) is 1.72. The first-order chi connectivity index (χ1) is 12.9. The second-order valence-corrected chi connectivity index (χ2v) is 5.95. The zero-order valence-corrected chi connectivity index (χ0v) is 15.5. The monoisotopic (exact) mass is 368 g/mol. The molecule has 0 amide bonds. The Labute approximate surface area is 156 Å². The molecule has 7 nitrogen and oxygen atoms in total. The molecule has 1 aromatic carbocycles. The number of anilines is 1. The Morgan fingerprint density at radius 1 is 1.04 bits per heavy atom. The van der Waals surface area contributed by atoms with Crippen LogP contribution in [0.2, 0.25) is 0 Å². The smallest absolute Gasteiger partial charge is 0.340 e. The van der Waals surface area contributed by atoms with E-state index in [0.29, 0.717) is 45.1 Å². The molecule has 3 rings (SSSR count). The van der Waals surface area contributed by atoms with E-state index in [1.54, 1.807) is 47.9 Å². The van der Waals surface area contributed by atoms with Crippen LogP contribution in [0.5, 0.6) is 11.5 Å². The van der Waals surface area contributed by atoms with Crippen molar-refractivity contribution in [2.75, 3.05) is 27.1 Å². The molecule has 2 aromatic heterocycles. The Morgan fingerprint density at radius 3 is 2.41 bits per heavy atom. The first-order valence-electron chi connectivity index (χ1n) is 8.18. The normalized spacial score (nSPS) is 10.7. The standard InChI is InChI=1S/C20H20N2O5/c1-11-17(20(24)27-4)15-8-6-13(25-2)10-22(15)18(11)19(23)12-5-7-14(21)16(9-12)26-3/h5-10H,21H2,1-4H3. The van der Waals surface area contributed by atoms with Crippen molar-refractivity contribution in [3.05, 3.63) is 58.9 Å². The van der Waals surface area contributed by atoms with Crippen LogP contribution in [0.15, 0.2) is 36.5 Å². The van der Waals surface area contributed by atoms with Gasteiger partial charge in [-0.25, -0.2) is 4.79 Å². The summed E-state index contributed by atoms with van der Waals surface area (Å²) >= 11 is 0. The summed E-state index contributed by atoms with van der Waals surface area (Å²) < 4.78 is 17.0. The molecule has 2 heterocycles. The Morgan fingerprint density at radius 2 is 1.78 bits per heavy atom. The molecule has 0 aliphatic rings. The number of esters is 1. The van der Waals surface area contributed by atoms with Crippen molar-refractivity contribution in [2.45, 2.75) is 6.92 Å². The third-order valence-corrected chi connectivity index (χ3v) is 4.48. The van der Waals surface area contributed by atoms with Gasteiger partial charge in [0.25, 0.3) is 0 Å². The molecule has 3 aromatic rings. The van der Waals surface area contributed by atoms with Crippen LogP contribution in [0, 0.1) is 6.92 Å². The van der Waals surface area contributed by atoms with Crippen LogP contribution in [-0.4, -0.2) is 37.5 Å². The third-order valence-electron chi connectivity index (χ3n) is 4.48. The van der Waals surface area contributed by atoms with Gasteiger partial charge in [-0.15, -0.1) is 0 Å².